The van der Waals surface area contributed by atoms with Crippen molar-refractivity contribution in [1.82, 2.24) is 0 Å². The highest BCUT2D eigenvalue weighted by Crippen LogP contribution is 2.01. The maximum absolute atomic E-state index is 11.0. The van der Waals surface area contributed by atoms with E-state index < -0.39 is 5.97 Å². The van der Waals surface area contributed by atoms with Crippen LogP contribution < -0.4 is 0 Å². The molecule has 0 atom stereocenters. The third kappa shape index (κ3) is 87.8. The van der Waals surface area contributed by atoms with E-state index in [1.165, 1.54) is 0 Å². The smallest absolute Gasteiger partial charge is 0.305 e. The first-order valence-electron chi connectivity index (χ1n) is 10.1. The molecule has 29 heavy (non-hydrogen) atoms. The summed E-state index contributed by atoms with van der Waals surface area (Å²) in [6.07, 6.45) is 6.99. The third-order valence-corrected chi connectivity index (χ3v) is 2.29. The van der Waals surface area contributed by atoms with Crippen molar-refractivity contribution in [3.63, 3.8) is 0 Å². The molecule has 0 fully saturated rings. The lowest BCUT2D eigenvalue weighted by molar-refractivity contribution is -0.144. The highest BCUT2D eigenvalue weighted by atomic mass is 16.5. The number of unbranched alkanes of at least 4 members (excludes halogenated alkanes) is 2. The molecule has 7 nitrogen and oxygen atoms in total. The van der Waals surface area contributed by atoms with E-state index in [0.29, 0.717) is 25.9 Å². The SMILES string of the molecule is C=CC.C=CC.CCCCOC(=O)CCCCC(=O)O.CCOCC.OCCO. The Bertz CT molecular complexity index is 308. The van der Waals surface area contributed by atoms with Gasteiger partial charge in [0.15, 0.2) is 0 Å². The number of hydrogen-bond acceptors (Lipinski definition) is 6. The number of esters is 1. The Hall–Kier alpha value is -1.70. The van der Waals surface area contributed by atoms with Gasteiger partial charge in [0, 0.05) is 26.1 Å². The number of carboxylic acids is 1. The number of rotatable bonds is 11. The molecule has 0 aromatic carbocycles. The molecule has 0 amide bonds. The molecule has 0 aliphatic carbocycles. The first-order chi connectivity index (χ1) is 13.8. The summed E-state index contributed by atoms with van der Waals surface area (Å²) in [5.41, 5.74) is 0. The van der Waals surface area contributed by atoms with E-state index in [2.05, 4.69) is 13.2 Å². The Balaban J connectivity index is -0.000000105. The van der Waals surface area contributed by atoms with E-state index in [9.17, 15) is 9.59 Å². The average Bonchev–Trinajstić information content (AvgIpc) is 2.68. The summed E-state index contributed by atoms with van der Waals surface area (Å²) in [7, 11) is 0. The summed E-state index contributed by atoms with van der Waals surface area (Å²) in [5, 5.41) is 23.6. The summed E-state index contributed by atoms with van der Waals surface area (Å²) >= 11 is 0. The number of ether oxygens (including phenoxy) is 2. The van der Waals surface area contributed by atoms with Crippen molar-refractivity contribution in [3.8, 4) is 0 Å². The van der Waals surface area contributed by atoms with Crippen LogP contribution in [-0.4, -0.2) is 60.3 Å². The first-order valence-corrected chi connectivity index (χ1v) is 10.1. The first kappa shape index (κ1) is 38.0. The van der Waals surface area contributed by atoms with E-state index in [1.807, 2.05) is 34.6 Å². The zero-order valence-corrected chi connectivity index (χ0v) is 19.3. The molecule has 0 saturated heterocycles. The molecule has 0 rings (SSSR count). The van der Waals surface area contributed by atoms with Crippen molar-refractivity contribution in [3.05, 3.63) is 25.3 Å². The lowest BCUT2D eigenvalue weighted by Crippen LogP contribution is -2.05. The highest BCUT2D eigenvalue weighted by molar-refractivity contribution is 5.69. The van der Waals surface area contributed by atoms with Gasteiger partial charge >= 0.3 is 11.9 Å². The normalized spacial score (nSPS) is 8.10. The van der Waals surface area contributed by atoms with Gasteiger partial charge in [0.1, 0.15) is 0 Å². The van der Waals surface area contributed by atoms with Gasteiger partial charge in [0.2, 0.25) is 0 Å². The van der Waals surface area contributed by atoms with Crippen LogP contribution in [0.25, 0.3) is 0 Å². The Kier molecular flexibility index (Phi) is 59.2. The number of aliphatic hydroxyl groups excluding tert-OH is 2. The van der Waals surface area contributed by atoms with E-state index >= 15 is 0 Å². The average molecular weight is 423 g/mol. The minimum atomic E-state index is -0.815. The Morgan fingerprint density at radius 3 is 1.55 bits per heavy atom. The second-order valence-corrected chi connectivity index (χ2v) is 5.22. The van der Waals surface area contributed by atoms with Crippen molar-refractivity contribution >= 4 is 11.9 Å². The molecule has 0 saturated carbocycles. The van der Waals surface area contributed by atoms with Crippen LogP contribution in [0.4, 0.5) is 0 Å². The highest BCUT2D eigenvalue weighted by Gasteiger charge is 2.03. The number of hydrogen-bond donors (Lipinski definition) is 3. The molecule has 3 N–H and O–H groups in total. The fraction of sp³-hybridized carbons (Fsp3) is 0.727. The topological polar surface area (TPSA) is 113 Å². The fourth-order valence-corrected chi connectivity index (χ4v) is 1.15. The molecule has 0 spiro atoms. The lowest BCUT2D eigenvalue weighted by Gasteiger charge is -2.02. The van der Waals surface area contributed by atoms with Crippen molar-refractivity contribution in [2.75, 3.05) is 33.0 Å². The van der Waals surface area contributed by atoms with Gasteiger partial charge in [0.05, 0.1) is 19.8 Å². The van der Waals surface area contributed by atoms with Gasteiger partial charge in [-0.3, -0.25) is 9.59 Å². The summed E-state index contributed by atoms with van der Waals surface area (Å²) in [4.78, 5) is 21.1. The van der Waals surface area contributed by atoms with Gasteiger partial charge in [-0.15, -0.1) is 13.2 Å². The molecule has 176 valence electrons. The third-order valence-electron chi connectivity index (χ3n) is 2.29. The van der Waals surface area contributed by atoms with Gasteiger partial charge < -0.3 is 24.8 Å². The minimum Gasteiger partial charge on any atom is -0.481 e. The minimum absolute atomic E-state index is 0.125. The molecule has 0 radical (unpaired) electrons. The summed E-state index contributed by atoms with van der Waals surface area (Å²) in [6, 6.07) is 0. The Labute approximate surface area is 178 Å². The molecule has 0 aliphatic heterocycles. The summed E-state index contributed by atoms with van der Waals surface area (Å²) in [5.74, 6) is -1.03. The molecule has 0 bridgehead atoms. The number of aliphatic hydroxyl groups is 2. The van der Waals surface area contributed by atoms with Crippen molar-refractivity contribution < 1.29 is 34.4 Å². The van der Waals surface area contributed by atoms with Crippen LogP contribution in [-0.2, 0) is 19.1 Å². The second-order valence-electron chi connectivity index (χ2n) is 5.22. The zero-order chi connectivity index (χ0) is 23.8. The Morgan fingerprint density at radius 1 is 0.862 bits per heavy atom. The fourth-order valence-electron chi connectivity index (χ4n) is 1.15. The molecular formula is C22H46O7. The summed E-state index contributed by atoms with van der Waals surface area (Å²) < 4.78 is 9.74. The Morgan fingerprint density at radius 2 is 1.28 bits per heavy atom. The second kappa shape index (κ2) is 45.2. The number of carbonyl (C=O) groups is 2. The largest absolute Gasteiger partial charge is 0.481 e. The van der Waals surface area contributed by atoms with Crippen LogP contribution in [0.15, 0.2) is 25.3 Å². The predicted molar refractivity (Wildman–Crippen MR) is 120 cm³/mol. The van der Waals surface area contributed by atoms with Crippen LogP contribution in [0.5, 0.6) is 0 Å². The van der Waals surface area contributed by atoms with Crippen LogP contribution in [0, 0.1) is 0 Å². The molecule has 0 unspecified atom stereocenters. The van der Waals surface area contributed by atoms with Crippen LogP contribution in [0.2, 0.25) is 0 Å². The monoisotopic (exact) mass is 422 g/mol. The summed E-state index contributed by atoms with van der Waals surface area (Å²) in [6.45, 7) is 18.4. The van der Waals surface area contributed by atoms with E-state index in [4.69, 9.17) is 24.8 Å². The van der Waals surface area contributed by atoms with Gasteiger partial charge in [-0.05, 0) is 47.0 Å². The van der Waals surface area contributed by atoms with Gasteiger partial charge in [-0.1, -0.05) is 25.5 Å². The van der Waals surface area contributed by atoms with E-state index in [-0.39, 0.29) is 25.6 Å². The van der Waals surface area contributed by atoms with E-state index in [1.54, 1.807) is 12.2 Å². The van der Waals surface area contributed by atoms with Crippen molar-refractivity contribution in [2.24, 2.45) is 0 Å². The van der Waals surface area contributed by atoms with Gasteiger partial charge in [0.25, 0.3) is 0 Å². The van der Waals surface area contributed by atoms with E-state index in [0.717, 1.165) is 26.1 Å². The molecule has 0 aromatic heterocycles. The maximum Gasteiger partial charge on any atom is 0.305 e. The van der Waals surface area contributed by atoms with Gasteiger partial charge in [-0.25, -0.2) is 0 Å². The maximum atomic E-state index is 11.0. The predicted octanol–water partition coefficient (Wildman–Crippen LogP) is 4.37. The van der Waals surface area contributed by atoms with Crippen molar-refractivity contribution in [2.45, 2.75) is 73.1 Å². The van der Waals surface area contributed by atoms with Crippen LogP contribution in [0.3, 0.4) is 0 Å². The zero-order valence-electron chi connectivity index (χ0n) is 19.3. The molecule has 0 heterocycles. The molecule has 0 aromatic rings. The number of carbonyl (C=O) groups excluding carboxylic acids is 1. The quantitative estimate of drug-likeness (QED) is 0.257. The standard InChI is InChI=1S/C10H18O4.C4H10O.2C3H6.C2H6O2/c1-2-3-8-14-10(13)7-5-4-6-9(11)12;1-3-5-4-2;2*1-3-2;3-1-2-4/h2-8H2,1H3,(H,11,12);3-4H2,1-2H3;2*3H,1H2,2H3;3-4H,1-2H2. The van der Waals surface area contributed by atoms with Crippen LogP contribution in [0.1, 0.15) is 73.1 Å². The number of carboxylic acid groups (broad SMARTS) is 1. The number of allylic oxidation sites excluding steroid dienone is 2. The molecule has 7 heteroatoms. The van der Waals surface area contributed by atoms with Gasteiger partial charge in [-0.2, -0.15) is 0 Å². The van der Waals surface area contributed by atoms with Crippen LogP contribution >= 0.6 is 0 Å². The molecular weight excluding hydrogens is 376 g/mol. The lowest BCUT2D eigenvalue weighted by atomic mass is 10.2. The number of aliphatic carboxylic acids is 1. The molecule has 0 aliphatic rings. The van der Waals surface area contributed by atoms with Crippen molar-refractivity contribution in [1.29, 1.82) is 0 Å².